The third-order valence-corrected chi connectivity index (χ3v) is 8.26. The summed E-state index contributed by atoms with van der Waals surface area (Å²) in [7, 11) is -3.49. The Labute approximate surface area is 170 Å². The highest BCUT2D eigenvalue weighted by Crippen LogP contribution is 2.28. The van der Waals surface area contributed by atoms with Crippen molar-refractivity contribution in [2.24, 2.45) is 0 Å². The molecule has 146 valence electrons. The molecule has 1 aliphatic heterocycles. The molecule has 1 aliphatic rings. The number of hydrogen-bond donors (Lipinski definition) is 1. The molecule has 2 aromatic rings. The van der Waals surface area contributed by atoms with Gasteiger partial charge in [-0.25, -0.2) is 12.8 Å². The maximum absolute atomic E-state index is 13.6. The number of amides is 1. The smallest absolute Gasteiger partial charge is 0.252 e. The number of carbonyl (C=O) groups excluding carboxylic acids is 1. The average Bonchev–Trinajstić information content (AvgIpc) is 3.09. The predicted molar refractivity (Wildman–Crippen MR) is 105 cm³/mol. The van der Waals surface area contributed by atoms with E-state index in [9.17, 15) is 17.6 Å². The van der Waals surface area contributed by atoms with Gasteiger partial charge in [-0.3, -0.25) is 9.69 Å². The van der Waals surface area contributed by atoms with Crippen molar-refractivity contribution in [3.63, 3.8) is 0 Å². The number of sulfonamides is 1. The molecule has 1 aromatic heterocycles. The average molecular weight is 476 g/mol. The highest BCUT2D eigenvalue weighted by molar-refractivity contribution is 9.11. The Hall–Kier alpha value is -1.33. The minimum Gasteiger partial charge on any atom is -0.351 e. The molecule has 0 saturated carbocycles. The second-order valence-electron chi connectivity index (χ2n) is 6.11. The highest BCUT2D eigenvalue weighted by atomic mass is 79.9. The van der Waals surface area contributed by atoms with E-state index in [1.807, 2.05) is 4.90 Å². The van der Waals surface area contributed by atoms with Gasteiger partial charge in [0.1, 0.15) is 10.0 Å². The number of rotatable bonds is 6. The first-order valence-corrected chi connectivity index (χ1v) is 11.4. The molecule has 10 heteroatoms. The van der Waals surface area contributed by atoms with Crippen molar-refractivity contribution < 1.29 is 17.6 Å². The van der Waals surface area contributed by atoms with Crippen LogP contribution in [-0.4, -0.2) is 56.3 Å². The molecule has 1 amide bonds. The van der Waals surface area contributed by atoms with Crippen LogP contribution in [0.3, 0.4) is 0 Å². The minimum absolute atomic E-state index is 0.132. The molecule has 27 heavy (non-hydrogen) atoms. The Morgan fingerprint density at radius 1 is 1.15 bits per heavy atom. The van der Waals surface area contributed by atoms with Crippen LogP contribution in [0.5, 0.6) is 0 Å². The Morgan fingerprint density at radius 3 is 2.48 bits per heavy atom. The largest absolute Gasteiger partial charge is 0.351 e. The molecule has 6 nitrogen and oxygen atoms in total. The molecule has 3 rings (SSSR count). The first-order valence-electron chi connectivity index (χ1n) is 8.34. The van der Waals surface area contributed by atoms with Gasteiger partial charge in [0.25, 0.3) is 10.0 Å². The Kier molecular flexibility index (Phi) is 6.64. The molecule has 0 atom stereocenters. The Bertz CT molecular complexity index is 912. The Morgan fingerprint density at radius 2 is 1.85 bits per heavy atom. The second kappa shape index (κ2) is 8.78. The number of halogens is 2. The number of thiophene rings is 1. The number of nitrogens with zero attached hydrogens (tertiary/aromatic N) is 2. The van der Waals surface area contributed by atoms with Gasteiger partial charge >= 0.3 is 0 Å². The van der Waals surface area contributed by atoms with Crippen molar-refractivity contribution in [1.82, 2.24) is 14.5 Å². The van der Waals surface area contributed by atoms with Gasteiger partial charge in [0, 0.05) is 38.3 Å². The van der Waals surface area contributed by atoms with E-state index in [1.54, 1.807) is 30.3 Å². The zero-order valence-corrected chi connectivity index (χ0v) is 17.6. The fraction of sp³-hybridized carbons (Fsp3) is 0.353. The molecule has 1 saturated heterocycles. The van der Waals surface area contributed by atoms with Gasteiger partial charge in [-0.15, -0.1) is 11.3 Å². The monoisotopic (exact) mass is 475 g/mol. The summed E-state index contributed by atoms with van der Waals surface area (Å²) in [6.45, 7) is 1.90. The standard InChI is InChI=1S/C17H19BrFN3O3S2/c18-15-5-6-17(26-15)27(24,25)22-9-7-21(8-10-22)12-16(23)20-11-13-3-1-2-4-14(13)19/h1-6H,7-12H2,(H,20,23). The maximum atomic E-state index is 13.6. The highest BCUT2D eigenvalue weighted by Gasteiger charge is 2.30. The summed E-state index contributed by atoms with van der Waals surface area (Å²) in [5, 5.41) is 2.70. The molecular weight excluding hydrogens is 457 g/mol. The molecule has 0 bridgehead atoms. The van der Waals surface area contributed by atoms with Crippen LogP contribution in [0.2, 0.25) is 0 Å². The fourth-order valence-electron chi connectivity index (χ4n) is 2.79. The molecular formula is C17H19BrFN3O3S2. The van der Waals surface area contributed by atoms with E-state index in [0.29, 0.717) is 36.0 Å². The summed E-state index contributed by atoms with van der Waals surface area (Å²) >= 11 is 4.46. The van der Waals surface area contributed by atoms with E-state index in [4.69, 9.17) is 0 Å². The number of nitrogens with one attached hydrogen (secondary N) is 1. The lowest BCUT2D eigenvalue weighted by Gasteiger charge is -2.33. The number of carbonyl (C=O) groups is 1. The zero-order valence-electron chi connectivity index (χ0n) is 14.4. The van der Waals surface area contributed by atoms with Crippen molar-refractivity contribution in [2.45, 2.75) is 10.8 Å². The SMILES string of the molecule is O=C(CN1CCN(S(=O)(=O)c2ccc(Br)s2)CC1)NCc1ccccc1F. The van der Waals surface area contributed by atoms with E-state index < -0.39 is 10.0 Å². The molecule has 2 heterocycles. The maximum Gasteiger partial charge on any atom is 0.252 e. The molecule has 0 radical (unpaired) electrons. The van der Waals surface area contributed by atoms with Crippen molar-refractivity contribution >= 4 is 43.2 Å². The predicted octanol–water partition coefficient (Wildman–Crippen LogP) is 2.27. The summed E-state index contributed by atoms with van der Waals surface area (Å²) in [4.78, 5) is 14.0. The van der Waals surface area contributed by atoms with Crippen molar-refractivity contribution in [1.29, 1.82) is 0 Å². The third-order valence-electron chi connectivity index (χ3n) is 4.28. The van der Waals surface area contributed by atoms with Gasteiger partial charge in [0.05, 0.1) is 10.3 Å². The fourth-order valence-corrected chi connectivity index (χ4v) is 6.37. The molecule has 1 aromatic carbocycles. The van der Waals surface area contributed by atoms with Crippen LogP contribution in [0.15, 0.2) is 44.4 Å². The zero-order chi connectivity index (χ0) is 19.4. The minimum atomic E-state index is -3.49. The van der Waals surface area contributed by atoms with Gasteiger partial charge in [-0.05, 0) is 34.1 Å². The second-order valence-corrected chi connectivity index (χ2v) is 10.7. The third kappa shape index (κ3) is 5.14. The van der Waals surface area contributed by atoms with Gasteiger partial charge in [0.2, 0.25) is 5.91 Å². The van der Waals surface area contributed by atoms with Gasteiger partial charge in [-0.1, -0.05) is 18.2 Å². The lowest BCUT2D eigenvalue weighted by atomic mass is 10.2. The van der Waals surface area contributed by atoms with Crippen molar-refractivity contribution in [3.8, 4) is 0 Å². The molecule has 1 N–H and O–H groups in total. The van der Waals surface area contributed by atoms with Gasteiger partial charge in [-0.2, -0.15) is 4.31 Å². The summed E-state index contributed by atoms with van der Waals surface area (Å²) in [6, 6.07) is 9.61. The molecule has 0 spiro atoms. The van der Waals surface area contributed by atoms with Crippen LogP contribution in [0, 0.1) is 5.82 Å². The normalized spacial score (nSPS) is 16.4. The van der Waals surface area contributed by atoms with Crippen molar-refractivity contribution in [3.05, 3.63) is 51.6 Å². The number of hydrogen-bond acceptors (Lipinski definition) is 5. The van der Waals surface area contributed by atoms with E-state index in [1.165, 1.54) is 21.7 Å². The molecule has 0 unspecified atom stereocenters. The first-order chi connectivity index (χ1) is 12.9. The summed E-state index contributed by atoms with van der Waals surface area (Å²) in [5.74, 6) is -0.561. The van der Waals surface area contributed by atoms with Crippen LogP contribution in [0.4, 0.5) is 4.39 Å². The number of piperazine rings is 1. The number of benzene rings is 1. The molecule has 0 aliphatic carbocycles. The summed E-state index contributed by atoms with van der Waals surface area (Å²) in [6.07, 6.45) is 0. The van der Waals surface area contributed by atoms with E-state index in [0.717, 1.165) is 3.79 Å². The lowest BCUT2D eigenvalue weighted by molar-refractivity contribution is -0.122. The van der Waals surface area contributed by atoms with E-state index in [2.05, 4.69) is 21.2 Å². The molecule has 1 fully saturated rings. The van der Waals surface area contributed by atoms with Crippen LogP contribution >= 0.6 is 27.3 Å². The van der Waals surface area contributed by atoms with Gasteiger partial charge < -0.3 is 5.32 Å². The van der Waals surface area contributed by atoms with Crippen molar-refractivity contribution in [2.75, 3.05) is 32.7 Å². The lowest BCUT2D eigenvalue weighted by Crippen LogP contribution is -2.50. The summed E-state index contributed by atoms with van der Waals surface area (Å²) < 4.78 is 41.3. The van der Waals surface area contributed by atoms with Crippen LogP contribution in [0.1, 0.15) is 5.56 Å². The van der Waals surface area contributed by atoms with Crippen LogP contribution in [-0.2, 0) is 21.4 Å². The van der Waals surface area contributed by atoms with E-state index in [-0.39, 0.29) is 24.8 Å². The van der Waals surface area contributed by atoms with Crippen LogP contribution in [0.25, 0.3) is 0 Å². The van der Waals surface area contributed by atoms with Gasteiger partial charge in [0.15, 0.2) is 0 Å². The quantitative estimate of drug-likeness (QED) is 0.695. The van der Waals surface area contributed by atoms with Crippen LogP contribution < -0.4 is 5.32 Å². The van der Waals surface area contributed by atoms with E-state index >= 15 is 0 Å². The first kappa shape index (κ1) is 20.4. The Balaban J connectivity index is 1.48. The summed E-state index contributed by atoms with van der Waals surface area (Å²) in [5.41, 5.74) is 0.434. The topological polar surface area (TPSA) is 69.7 Å².